The van der Waals surface area contributed by atoms with E-state index < -0.39 is 29.9 Å². The number of aromatic nitrogens is 2. The largest absolute Gasteiger partial charge is 0.425 e. The van der Waals surface area contributed by atoms with Gasteiger partial charge in [-0.15, -0.1) is 11.3 Å². The van der Waals surface area contributed by atoms with Crippen molar-refractivity contribution in [1.82, 2.24) is 19.8 Å². The number of aryl methyl sites for hydroxylation is 1. The Bertz CT molecular complexity index is 831. The van der Waals surface area contributed by atoms with Crippen molar-refractivity contribution in [3.8, 4) is 0 Å². The molecule has 2 N–H and O–H groups in total. The molecule has 3 rings (SSSR count). The Hall–Kier alpha value is -1.91. The van der Waals surface area contributed by atoms with E-state index in [9.17, 15) is 23.1 Å². The third-order valence-electron chi connectivity index (χ3n) is 5.70. The highest BCUT2D eigenvalue weighted by atomic mass is 32.1. The van der Waals surface area contributed by atoms with E-state index in [-0.39, 0.29) is 12.6 Å². The number of nitrogens with zero attached hydrogens (tertiary/aromatic N) is 3. The molecule has 1 fully saturated rings. The smallest absolute Gasteiger partial charge is 0.374 e. The molecule has 3 heterocycles. The van der Waals surface area contributed by atoms with Crippen molar-refractivity contribution in [3.05, 3.63) is 40.6 Å². The van der Waals surface area contributed by atoms with Gasteiger partial charge in [0.1, 0.15) is 0 Å². The first-order chi connectivity index (χ1) is 14.1. The van der Waals surface area contributed by atoms with Crippen LogP contribution in [0.5, 0.6) is 0 Å². The average molecular weight is 445 g/mol. The molecule has 2 atom stereocenters. The summed E-state index contributed by atoms with van der Waals surface area (Å²) < 4.78 is 42.1. The predicted octanol–water partition coefficient (Wildman–Crippen LogP) is 3.21. The lowest BCUT2D eigenvalue weighted by Gasteiger charge is -2.36. The Balaban J connectivity index is 1.71. The van der Waals surface area contributed by atoms with Crippen LogP contribution >= 0.6 is 11.3 Å². The number of alkyl halides is 3. The van der Waals surface area contributed by atoms with Crippen LogP contribution in [0.3, 0.4) is 0 Å². The molecule has 2 aromatic heterocycles. The number of hydrogen-bond donors (Lipinski definition) is 2. The van der Waals surface area contributed by atoms with Crippen LogP contribution in [0.25, 0.3) is 0 Å². The summed E-state index contributed by atoms with van der Waals surface area (Å²) in [6.45, 7) is 4.13. The van der Waals surface area contributed by atoms with E-state index in [2.05, 4.69) is 22.1 Å². The molecule has 0 aromatic carbocycles. The second-order valence-electron chi connectivity index (χ2n) is 7.95. The zero-order valence-corrected chi connectivity index (χ0v) is 17.8. The second kappa shape index (κ2) is 9.07. The molecule has 2 unspecified atom stereocenters. The van der Waals surface area contributed by atoms with E-state index in [0.29, 0.717) is 5.92 Å². The quantitative estimate of drug-likeness (QED) is 0.688. The van der Waals surface area contributed by atoms with Crippen LogP contribution in [0.4, 0.5) is 13.2 Å². The Morgan fingerprint density at radius 3 is 2.63 bits per heavy atom. The Morgan fingerprint density at radius 1 is 1.40 bits per heavy atom. The van der Waals surface area contributed by atoms with Crippen molar-refractivity contribution in [1.29, 1.82) is 0 Å². The van der Waals surface area contributed by atoms with Gasteiger partial charge >= 0.3 is 6.18 Å². The lowest BCUT2D eigenvalue weighted by molar-refractivity contribution is -0.271. The van der Waals surface area contributed by atoms with Gasteiger partial charge in [0.25, 0.3) is 0 Å². The molecule has 1 aliphatic rings. The molecule has 6 nitrogen and oxygen atoms in total. The SMILES string of the molecule is CC1CCN(C(CNC(=O)CC(O)(c2nccn2C)C(F)(F)F)c2cccs2)CC1. The van der Waals surface area contributed by atoms with Gasteiger partial charge < -0.3 is 15.0 Å². The molecule has 2 aromatic rings. The van der Waals surface area contributed by atoms with Crippen molar-refractivity contribution in [2.24, 2.45) is 13.0 Å². The Morgan fingerprint density at radius 2 is 2.10 bits per heavy atom. The molecule has 1 saturated heterocycles. The fraction of sp³-hybridized carbons (Fsp3) is 0.600. The summed E-state index contributed by atoms with van der Waals surface area (Å²) in [5.74, 6) is -0.839. The minimum atomic E-state index is -5.04. The van der Waals surface area contributed by atoms with E-state index in [0.717, 1.165) is 41.6 Å². The van der Waals surface area contributed by atoms with Gasteiger partial charge in [0.05, 0.1) is 12.5 Å². The van der Waals surface area contributed by atoms with E-state index in [4.69, 9.17) is 0 Å². The fourth-order valence-electron chi connectivity index (χ4n) is 3.81. The van der Waals surface area contributed by atoms with Gasteiger partial charge in [-0.1, -0.05) is 13.0 Å². The standard InChI is InChI=1S/C20H27F3N4O2S/c1-14-5-8-27(9-6-14)15(16-4-3-11-30-16)13-25-17(28)12-19(29,20(21,22)23)18-24-7-10-26(18)2/h3-4,7,10-11,14-15,29H,5-6,8-9,12-13H2,1-2H3,(H,25,28). The maximum absolute atomic E-state index is 13.7. The molecule has 0 spiro atoms. The van der Waals surface area contributed by atoms with E-state index in [1.165, 1.54) is 13.2 Å². The molecule has 30 heavy (non-hydrogen) atoms. The van der Waals surface area contributed by atoms with Crippen molar-refractivity contribution in [3.63, 3.8) is 0 Å². The van der Waals surface area contributed by atoms with Crippen LogP contribution in [0, 0.1) is 5.92 Å². The molecule has 1 amide bonds. The van der Waals surface area contributed by atoms with E-state index in [1.54, 1.807) is 11.3 Å². The number of carbonyl (C=O) groups is 1. The van der Waals surface area contributed by atoms with Crippen LogP contribution in [0.1, 0.15) is 42.9 Å². The maximum Gasteiger partial charge on any atom is 0.425 e. The highest BCUT2D eigenvalue weighted by Gasteiger charge is 2.58. The first kappa shape index (κ1) is 22.8. The number of thiophene rings is 1. The Labute approximate surface area is 177 Å². The summed E-state index contributed by atoms with van der Waals surface area (Å²) in [5, 5.41) is 15.0. The van der Waals surface area contributed by atoms with Crippen molar-refractivity contribution in [2.45, 2.75) is 44.0 Å². The maximum atomic E-state index is 13.7. The number of halogens is 3. The summed E-state index contributed by atoms with van der Waals surface area (Å²) in [6, 6.07) is 3.79. The molecule has 0 aliphatic carbocycles. The summed E-state index contributed by atoms with van der Waals surface area (Å²) in [7, 11) is 1.35. The first-order valence-corrected chi connectivity index (χ1v) is 10.8. The van der Waals surface area contributed by atoms with Crippen molar-refractivity contribution >= 4 is 17.2 Å². The minimum absolute atomic E-state index is 0.103. The lowest BCUT2D eigenvalue weighted by atomic mass is 9.96. The number of nitrogens with one attached hydrogen (secondary N) is 1. The number of imidazole rings is 1. The Kier molecular flexibility index (Phi) is 6.88. The third-order valence-corrected chi connectivity index (χ3v) is 6.67. The summed E-state index contributed by atoms with van der Waals surface area (Å²) in [5.41, 5.74) is -3.35. The lowest BCUT2D eigenvalue weighted by Crippen LogP contribution is -2.49. The molecule has 1 aliphatic heterocycles. The van der Waals surface area contributed by atoms with Gasteiger partial charge in [0.2, 0.25) is 11.5 Å². The van der Waals surface area contributed by atoms with Gasteiger partial charge in [0.15, 0.2) is 5.82 Å². The average Bonchev–Trinajstić information content (AvgIpc) is 3.34. The number of carbonyl (C=O) groups excluding carboxylic acids is 1. The highest BCUT2D eigenvalue weighted by Crippen LogP contribution is 2.40. The van der Waals surface area contributed by atoms with Crippen LogP contribution in [0.2, 0.25) is 0 Å². The zero-order valence-electron chi connectivity index (χ0n) is 17.0. The summed E-state index contributed by atoms with van der Waals surface area (Å²) in [4.78, 5) is 19.4. The molecule has 0 radical (unpaired) electrons. The molecule has 10 heteroatoms. The van der Waals surface area contributed by atoms with Gasteiger partial charge in [0, 0.05) is 30.9 Å². The van der Waals surface area contributed by atoms with Crippen LogP contribution in [-0.2, 0) is 17.4 Å². The highest BCUT2D eigenvalue weighted by molar-refractivity contribution is 7.10. The second-order valence-corrected chi connectivity index (χ2v) is 8.93. The van der Waals surface area contributed by atoms with Crippen molar-refractivity contribution in [2.75, 3.05) is 19.6 Å². The summed E-state index contributed by atoms with van der Waals surface area (Å²) in [6.07, 6.45) is -1.64. The van der Waals surface area contributed by atoms with Crippen molar-refractivity contribution < 1.29 is 23.1 Å². The minimum Gasteiger partial charge on any atom is -0.374 e. The van der Waals surface area contributed by atoms with Gasteiger partial charge in [-0.2, -0.15) is 13.2 Å². The normalized spacial score (nSPS) is 19.4. The van der Waals surface area contributed by atoms with Crippen LogP contribution < -0.4 is 5.32 Å². The topological polar surface area (TPSA) is 70.4 Å². The first-order valence-electron chi connectivity index (χ1n) is 9.93. The molecule has 0 saturated carbocycles. The van der Waals surface area contributed by atoms with Gasteiger partial charge in [-0.05, 0) is 43.3 Å². The van der Waals surface area contributed by atoms with E-state index >= 15 is 0 Å². The van der Waals surface area contributed by atoms with E-state index in [1.807, 2.05) is 17.5 Å². The number of amides is 1. The number of piperidine rings is 1. The summed E-state index contributed by atoms with van der Waals surface area (Å²) >= 11 is 1.56. The van der Waals surface area contributed by atoms with Gasteiger partial charge in [-0.3, -0.25) is 9.69 Å². The molecule has 0 bridgehead atoms. The predicted molar refractivity (Wildman–Crippen MR) is 108 cm³/mol. The molecule has 166 valence electrons. The van der Waals surface area contributed by atoms with Gasteiger partial charge in [-0.25, -0.2) is 4.98 Å². The number of likely N-dealkylation sites (tertiary alicyclic amines) is 1. The van der Waals surface area contributed by atoms with Crippen LogP contribution in [0.15, 0.2) is 29.9 Å². The molecular weight excluding hydrogens is 417 g/mol. The number of aliphatic hydroxyl groups is 1. The molecular formula is C20H27F3N4O2S. The monoisotopic (exact) mass is 444 g/mol. The fourth-order valence-corrected chi connectivity index (χ4v) is 4.67. The number of hydrogen-bond acceptors (Lipinski definition) is 5. The zero-order chi connectivity index (χ0) is 21.9. The van der Waals surface area contributed by atoms with Crippen LogP contribution in [-0.4, -0.2) is 51.3 Å². The third kappa shape index (κ3) is 4.87. The number of rotatable bonds is 7.